The van der Waals surface area contributed by atoms with Gasteiger partial charge in [0.25, 0.3) is 5.56 Å². The molecule has 1 amide bonds. The molecule has 0 bridgehead atoms. The predicted octanol–water partition coefficient (Wildman–Crippen LogP) is 1.77. The van der Waals surface area contributed by atoms with Crippen LogP contribution in [-0.2, 0) is 4.79 Å². The van der Waals surface area contributed by atoms with Crippen LogP contribution in [0.2, 0.25) is 0 Å². The van der Waals surface area contributed by atoms with Crippen LogP contribution in [0.3, 0.4) is 0 Å². The lowest BCUT2D eigenvalue weighted by Crippen LogP contribution is -2.50. The van der Waals surface area contributed by atoms with Crippen LogP contribution in [-0.4, -0.2) is 53.0 Å². The minimum absolute atomic E-state index is 0.0225. The first-order valence-electron chi connectivity index (χ1n) is 9.69. The van der Waals surface area contributed by atoms with Gasteiger partial charge in [0.2, 0.25) is 5.91 Å². The Bertz CT molecular complexity index is 878. The maximum atomic E-state index is 12.6. The average Bonchev–Trinajstić information content (AvgIpc) is 2.74. The molecule has 1 fully saturated rings. The van der Waals surface area contributed by atoms with Crippen molar-refractivity contribution in [3.8, 4) is 11.1 Å². The lowest BCUT2D eigenvalue weighted by Gasteiger charge is -2.39. The summed E-state index contributed by atoms with van der Waals surface area (Å²) in [5, 5.41) is 0. The maximum Gasteiger partial charge on any atom is 0.271 e. The molecule has 28 heavy (non-hydrogen) atoms. The zero-order valence-electron chi connectivity index (χ0n) is 16.2. The average molecular weight is 381 g/mol. The van der Waals surface area contributed by atoms with Crippen LogP contribution in [0.15, 0.2) is 53.7 Å². The first-order valence-corrected chi connectivity index (χ1v) is 9.69. The quantitative estimate of drug-likeness (QED) is 0.744. The molecule has 0 saturated carbocycles. The molecular formula is C21H27N5O2. The number of nitrogens with zero attached hydrogens (tertiary/aromatic N) is 3. The van der Waals surface area contributed by atoms with Gasteiger partial charge in [-0.2, -0.15) is 0 Å². The first kappa shape index (κ1) is 19.8. The van der Waals surface area contributed by atoms with E-state index in [-0.39, 0.29) is 17.5 Å². The van der Waals surface area contributed by atoms with E-state index in [9.17, 15) is 9.59 Å². The van der Waals surface area contributed by atoms with Gasteiger partial charge in [-0.1, -0.05) is 6.08 Å². The van der Waals surface area contributed by atoms with E-state index in [0.29, 0.717) is 25.3 Å². The van der Waals surface area contributed by atoms with Gasteiger partial charge in [-0.3, -0.25) is 14.6 Å². The molecule has 7 heteroatoms. The van der Waals surface area contributed by atoms with Crippen LogP contribution in [0.4, 0.5) is 5.69 Å². The van der Waals surface area contributed by atoms with Gasteiger partial charge in [-0.15, -0.1) is 0 Å². The molecule has 0 unspecified atom stereocenters. The van der Waals surface area contributed by atoms with Gasteiger partial charge >= 0.3 is 0 Å². The van der Waals surface area contributed by atoms with E-state index in [1.807, 2.05) is 30.0 Å². The fraction of sp³-hybridized carbons (Fsp3) is 0.381. The lowest BCUT2D eigenvalue weighted by atomic mass is 10.0. The van der Waals surface area contributed by atoms with Gasteiger partial charge in [-0.05, 0) is 43.5 Å². The molecule has 0 radical (unpaired) electrons. The van der Waals surface area contributed by atoms with E-state index in [1.54, 1.807) is 24.7 Å². The van der Waals surface area contributed by atoms with Gasteiger partial charge in [0.05, 0.1) is 0 Å². The molecule has 7 nitrogen and oxygen atoms in total. The summed E-state index contributed by atoms with van der Waals surface area (Å²) in [7, 11) is 0. The monoisotopic (exact) mass is 381 g/mol. The Hall–Kier alpha value is -2.93. The van der Waals surface area contributed by atoms with E-state index in [4.69, 9.17) is 5.73 Å². The van der Waals surface area contributed by atoms with Crippen molar-refractivity contribution in [1.82, 2.24) is 14.9 Å². The van der Waals surface area contributed by atoms with E-state index >= 15 is 0 Å². The largest absolute Gasteiger partial charge is 0.363 e. The van der Waals surface area contributed by atoms with E-state index < -0.39 is 0 Å². The fourth-order valence-corrected chi connectivity index (χ4v) is 3.70. The molecule has 3 N–H and O–H groups in total. The highest BCUT2D eigenvalue weighted by Gasteiger charge is 2.28. The number of nitrogens with one attached hydrogen (secondary N) is 1. The van der Waals surface area contributed by atoms with Crippen LogP contribution in [0.5, 0.6) is 0 Å². The Kier molecular flexibility index (Phi) is 6.60. The number of carbonyl (C=O) groups excluding carboxylic acids is 1. The summed E-state index contributed by atoms with van der Waals surface area (Å²) in [6.07, 6.45) is 10.3. The van der Waals surface area contributed by atoms with Crippen LogP contribution >= 0.6 is 0 Å². The normalized spacial score (nSPS) is 17.1. The molecule has 0 aromatic carbocycles. The molecule has 0 aliphatic carbocycles. The zero-order valence-corrected chi connectivity index (χ0v) is 16.2. The summed E-state index contributed by atoms with van der Waals surface area (Å²) in [5.74, 6) is -0.0225. The van der Waals surface area contributed by atoms with Gasteiger partial charge in [0.1, 0.15) is 5.69 Å². The number of anilines is 1. The summed E-state index contributed by atoms with van der Waals surface area (Å²) in [6.45, 7) is 4.40. The molecule has 3 heterocycles. The number of H-pyrrole nitrogens is 1. The SMILES string of the molecule is CCN(c1cc(-c2ccncc2)c[nH]c1=O)[C@@H]1CCCN(C(=O)C=CCN)C1. The molecule has 0 spiro atoms. The van der Waals surface area contributed by atoms with Crippen molar-refractivity contribution in [3.05, 3.63) is 59.3 Å². The Morgan fingerprint density at radius 3 is 2.89 bits per heavy atom. The van der Waals surface area contributed by atoms with Crippen molar-refractivity contribution >= 4 is 11.6 Å². The van der Waals surface area contributed by atoms with Crippen molar-refractivity contribution in [2.24, 2.45) is 5.73 Å². The highest BCUT2D eigenvalue weighted by atomic mass is 16.2. The molecule has 1 saturated heterocycles. The molecule has 2 aromatic heterocycles. The second-order valence-electron chi connectivity index (χ2n) is 6.84. The van der Waals surface area contributed by atoms with Crippen LogP contribution in [0, 0.1) is 0 Å². The highest BCUT2D eigenvalue weighted by molar-refractivity contribution is 5.87. The number of carbonyl (C=O) groups is 1. The van der Waals surface area contributed by atoms with Gasteiger partial charge in [0.15, 0.2) is 0 Å². The van der Waals surface area contributed by atoms with Crippen molar-refractivity contribution in [3.63, 3.8) is 0 Å². The third kappa shape index (κ3) is 4.48. The smallest absolute Gasteiger partial charge is 0.271 e. The Balaban J connectivity index is 1.85. The zero-order chi connectivity index (χ0) is 19.9. The minimum atomic E-state index is -0.119. The summed E-state index contributed by atoms with van der Waals surface area (Å²) in [6, 6.07) is 5.85. The first-order chi connectivity index (χ1) is 13.6. The number of aromatic amines is 1. The Labute approximate surface area is 164 Å². The fourth-order valence-electron chi connectivity index (χ4n) is 3.70. The number of hydrogen-bond acceptors (Lipinski definition) is 5. The van der Waals surface area contributed by atoms with Gasteiger partial charge < -0.3 is 20.5 Å². The third-order valence-corrected chi connectivity index (χ3v) is 5.09. The number of likely N-dealkylation sites (N-methyl/N-ethyl adjacent to an activating group) is 1. The Morgan fingerprint density at radius 1 is 1.39 bits per heavy atom. The lowest BCUT2D eigenvalue weighted by molar-refractivity contribution is -0.127. The second kappa shape index (κ2) is 9.32. The number of piperidine rings is 1. The molecule has 3 rings (SSSR count). The van der Waals surface area contributed by atoms with Gasteiger partial charge in [-0.25, -0.2) is 0 Å². The topological polar surface area (TPSA) is 95.3 Å². The van der Waals surface area contributed by atoms with E-state index in [0.717, 1.165) is 30.5 Å². The van der Waals surface area contributed by atoms with Crippen molar-refractivity contribution < 1.29 is 4.79 Å². The molecular weight excluding hydrogens is 354 g/mol. The van der Waals surface area contributed by atoms with E-state index in [1.165, 1.54) is 6.08 Å². The maximum absolute atomic E-state index is 12.6. The summed E-state index contributed by atoms with van der Waals surface area (Å²) >= 11 is 0. The number of hydrogen-bond donors (Lipinski definition) is 2. The third-order valence-electron chi connectivity index (χ3n) is 5.09. The van der Waals surface area contributed by atoms with Crippen LogP contribution in [0.1, 0.15) is 19.8 Å². The number of aromatic nitrogens is 2. The number of pyridine rings is 2. The summed E-state index contributed by atoms with van der Waals surface area (Å²) < 4.78 is 0. The van der Waals surface area contributed by atoms with Crippen molar-refractivity contribution in [2.45, 2.75) is 25.8 Å². The van der Waals surface area contributed by atoms with Gasteiger partial charge in [0, 0.05) is 62.5 Å². The molecule has 1 atom stereocenters. The van der Waals surface area contributed by atoms with Crippen molar-refractivity contribution in [1.29, 1.82) is 0 Å². The Morgan fingerprint density at radius 2 is 2.18 bits per heavy atom. The van der Waals surface area contributed by atoms with Crippen LogP contribution < -0.4 is 16.2 Å². The van der Waals surface area contributed by atoms with Crippen molar-refractivity contribution in [2.75, 3.05) is 31.1 Å². The number of rotatable bonds is 6. The molecule has 1 aliphatic rings. The van der Waals surface area contributed by atoms with E-state index in [2.05, 4.69) is 14.9 Å². The second-order valence-corrected chi connectivity index (χ2v) is 6.84. The summed E-state index contributed by atoms with van der Waals surface area (Å²) in [5.41, 5.74) is 7.90. The predicted molar refractivity (Wildman–Crippen MR) is 111 cm³/mol. The molecule has 1 aliphatic heterocycles. The minimum Gasteiger partial charge on any atom is -0.363 e. The summed E-state index contributed by atoms with van der Waals surface area (Å²) in [4.78, 5) is 35.8. The highest BCUT2D eigenvalue weighted by Crippen LogP contribution is 2.24. The number of likely N-dealkylation sites (tertiary alicyclic amines) is 1. The van der Waals surface area contributed by atoms with Crippen LogP contribution in [0.25, 0.3) is 11.1 Å². The standard InChI is InChI=1S/C21H27N5O2/c1-2-26(18-5-4-12-25(15-18)20(27)6-3-9-22)19-13-17(14-24-21(19)28)16-7-10-23-11-8-16/h3,6-8,10-11,13-14,18H,2,4-5,9,12,15,22H2,1H3,(H,24,28)/t18-/m1/s1. The number of amides is 1. The number of nitrogens with two attached hydrogens (primary N) is 1. The molecule has 2 aromatic rings. The molecule has 148 valence electrons.